The summed E-state index contributed by atoms with van der Waals surface area (Å²) in [5, 5.41) is 9.65. The molecule has 226 valence electrons. The molecule has 1 aliphatic rings. The minimum atomic E-state index is -0.368. The summed E-state index contributed by atoms with van der Waals surface area (Å²) in [7, 11) is 0. The first-order valence-electron chi connectivity index (χ1n) is 16.1. The van der Waals surface area contributed by atoms with Gasteiger partial charge in [0.2, 0.25) is 0 Å². The Morgan fingerprint density at radius 2 is 1.51 bits per heavy atom. The van der Waals surface area contributed by atoms with Crippen LogP contribution in [0.5, 0.6) is 0 Å². The standard InChI is InChI=1S/C34H60O5/c1-4-6-7-8-9-10-11-12-13-14-15-16-17-18-19-23-32(36)38-28-31(27-35)29-39-33(37)26-34(3)24-21-20-22-30(5-2)25-34/h9-10,12-13,30-31,35H,4-8,11,14-29H2,1-3H3/b10-9-,13-12-. The molecule has 0 aromatic carbocycles. The van der Waals surface area contributed by atoms with Gasteiger partial charge in [0.1, 0.15) is 0 Å². The monoisotopic (exact) mass is 548 g/mol. The van der Waals surface area contributed by atoms with Gasteiger partial charge in [-0.15, -0.1) is 0 Å². The first-order chi connectivity index (χ1) is 18.9. The molecule has 0 aromatic rings. The van der Waals surface area contributed by atoms with Crippen LogP contribution >= 0.6 is 0 Å². The molecule has 5 heteroatoms. The van der Waals surface area contributed by atoms with E-state index in [1.807, 2.05) is 0 Å². The van der Waals surface area contributed by atoms with E-state index >= 15 is 0 Å². The Bertz CT molecular complexity index is 685. The molecule has 1 fully saturated rings. The number of hydrogen-bond donors (Lipinski definition) is 1. The van der Waals surface area contributed by atoms with Crippen molar-refractivity contribution in [3.05, 3.63) is 24.3 Å². The van der Waals surface area contributed by atoms with Crippen LogP contribution in [0.2, 0.25) is 0 Å². The van der Waals surface area contributed by atoms with Crippen molar-refractivity contribution in [3.63, 3.8) is 0 Å². The minimum absolute atomic E-state index is 0.00300. The van der Waals surface area contributed by atoms with Crippen molar-refractivity contribution in [2.45, 2.75) is 143 Å². The van der Waals surface area contributed by atoms with Gasteiger partial charge in [-0.2, -0.15) is 0 Å². The normalized spacial score (nSPS) is 20.8. The van der Waals surface area contributed by atoms with Crippen LogP contribution in [0.3, 0.4) is 0 Å². The Morgan fingerprint density at radius 1 is 0.872 bits per heavy atom. The number of ether oxygens (including phenoxy) is 2. The summed E-state index contributed by atoms with van der Waals surface area (Å²) in [4.78, 5) is 24.6. The van der Waals surface area contributed by atoms with Crippen molar-refractivity contribution in [2.24, 2.45) is 17.3 Å². The molecule has 0 aliphatic heterocycles. The number of aliphatic hydroxyl groups excluding tert-OH is 1. The van der Waals surface area contributed by atoms with Crippen molar-refractivity contribution in [1.82, 2.24) is 0 Å². The third-order valence-corrected chi connectivity index (χ3v) is 8.12. The number of esters is 2. The highest BCUT2D eigenvalue weighted by Crippen LogP contribution is 2.41. The predicted molar refractivity (Wildman–Crippen MR) is 161 cm³/mol. The van der Waals surface area contributed by atoms with Gasteiger partial charge < -0.3 is 14.6 Å². The van der Waals surface area contributed by atoms with E-state index in [-0.39, 0.29) is 43.1 Å². The molecule has 39 heavy (non-hydrogen) atoms. The molecular weight excluding hydrogens is 488 g/mol. The molecule has 1 aliphatic carbocycles. The smallest absolute Gasteiger partial charge is 0.306 e. The van der Waals surface area contributed by atoms with Crippen molar-refractivity contribution in [3.8, 4) is 0 Å². The van der Waals surface area contributed by atoms with Crippen LogP contribution in [0.15, 0.2) is 24.3 Å². The summed E-state index contributed by atoms with van der Waals surface area (Å²) in [6.45, 7) is 6.70. The van der Waals surface area contributed by atoms with Crippen molar-refractivity contribution >= 4 is 11.9 Å². The zero-order valence-electron chi connectivity index (χ0n) is 25.6. The molecule has 3 unspecified atom stereocenters. The van der Waals surface area contributed by atoms with Gasteiger partial charge in [0.05, 0.1) is 32.2 Å². The van der Waals surface area contributed by atoms with E-state index in [9.17, 15) is 14.7 Å². The fourth-order valence-corrected chi connectivity index (χ4v) is 5.52. The van der Waals surface area contributed by atoms with E-state index in [0.29, 0.717) is 18.8 Å². The number of aliphatic hydroxyl groups is 1. The predicted octanol–water partition coefficient (Wildman–Crippen LogP) is 8.88. The van der Waals surface area contributed by atoms with Crippen LogP contribution in [0.1, 0.15) is 143 Å². The average Bonchev–Trinajstić information content (AvgIpc) is 3.11. The zero-order valence-corrected chi connectivity index (χ0v) is 25.6. The summed E-state index contributed by atoms with van der Waals surface area (Å²) < 4.78 is 10.9. The minimum Gasteiger partial charge on any atom is -0.465 e. The van der Waals surface area contributed by atoms with Crippen LogP contribution < -0.4 is 0 Å². The number of rotatable bonds is 22. The second-order valence-electron chi connectivity index (χ2n) is 12.1. The largest absolute Gasteiger partial charge is 0.465 e. The maximum absolute atomic E-state index is 12.5. The highest BCUT2D eigenvalue weighted by atomic mass is 16.5. The fourth-order valence-electron chi connectivity index (χ4n) is 5.52. The summed E-state index contributed by atoms with van der Waals surface area (Å²) >= 11 is 0. The lowest BCUT2D eigenvalue weighted by Gasteiger charge is -2.30. The van der Waals surface area contributed by atoms with Crippen molar-refractivity contribution in [1.29, 1.82) is 0 Å². The van der Waals surface area contributed by atoms with Crippen LogP contribution in [0.4, 0.5) is 0 Å². The van der Waals surface area contributed by atoms with Gasteiger partial charge in [0.15, 0.2) is 0 Å². The molecule has 0 saturated heterocycles. The Balaban J connectivity index is 2.07. The highest BCUT2D eigenvalue weighted by Gasteiger charge is 2.32. The first-order valence-corrected chi connectivity index (χ1v) is 16.1. The molecule has 0 bridgehead atoms. The molecule has 0 heterocycles. The summed E-state index contributed by atoms with van der Waals surface area (Å²) in [5.41, 5.74) is -0.00300. The number of hydrogen-bond acceptors (Lipinski definition) is 5. The third-order valence-electron chi connectivity index (χ3n) is 8.12. The molecule has 0 aromatic heterocycles. The quantitative estimate of drug-likeness (QED) is 0.0633. The Hall–Kier alpha value is -1.62. The molecule has 5 nitrogen and oxygen atoms in total. The number of allylic oxidation sites excluding steroid dienone is 4. The van der Waals surface area contributed by atoms with Crippen molar-refractivity contribution < 1.29 is 24.2 Å². The van der Waals surface area contributed by atoms with Gasteiger partial charge in [-0.3, -0.25) is 9.59 Å². The number of unbranched alkanes of at least 4 members (excludes halogenated alkanes) is 8. The van der Waals surface area contributed by atoms with Crippen LogP contribution in [0, 0.1) is 17.3 Å². The van der Waals surface area contributed by atoms with E-state index in [4.69, 9.17) is 9.47 Å². The maximum Gasteiger partial charge on any atom is 0.306 e. The Kier molecular flexibility index (Phi) is 21.0. The van der Waals surface area contributed by atoms with Gasteiger partial charge >= 0.3 is 11.9 Å². The van der Waals surface area contributed by atoms with E-state index in [2.05, 4.69) is 45.1 Å². The van der Waals surface area contributed by atoms with Crippen molar-refractivity contribution in [2.75, 3.05) is 19.8 Å². The van der Waals surface area contributed by atoms with Gasteiger partial charge in [0.25, 0.3) is 0 Å². The van der Waals surface area contributed by atoms with Gasteiger partial charge in [-0.1, -0.05) is 103 Å². The fraction of sp³-hybridized carbons (Fsp3) is 0.824. The molecule has 1 saturated carbocycles. The van der Waals surface area contributed by atoms with Crippen LogP contribution in [-0.2, 0) is 19.1 Å². The number of carbonyl (C=O) groups excluding carboxylic acids is 2. The van der Waals surface area contributed by atoms with Gasteiger partial charge in [0, 0.05) is 6.42 Å². The Morgan fingerprint density at radius 3 is 2.18 bits per heavy atom. The maximum atomic E-state index is 12.5. The zero-order chi connectivity index (χ0) is 28.6. The van der Waals surface area contributed by atoms with Gasteiger partial charge in [-0.05, 0) is 62.7 Å². The topological polar surface area (TPSA) is 72.8 Å². The second-order valence-corrected chi connectivity index (χ2v) is 12.1. The third kappa shape index (κ3) is 19.2. The molecule has 0 spiro atoms. The molecular formula is C34H60O5. The number of carbonyl (C=O) groups is 2. The molecule has 0 radical (unpaired) electrons. The lowest BCUT2D eigenvalue weighted by atomic mass is 9.76. The lowest BCUT2D eigenvalue weighted by Crippen LogP contribution is -2.27. The van der Waals surface area contributed by atoms with Crippen LogP contribution in [0.25, 0.3) is 0 Å². The summed E-state index contributed by atoms with van der Waals surface area (Å²) in [5.74, 6) is -0.117. The summed E-state index contributed by atoms with van der Waals surface area (Å²) in [6.07, 6.45) is 29.5. The Labute approximate surface area is 240 Å². The average molecular weight is 549 g/mol. The lowest BCUT2D eigenvalue weighted by molar-refractivity contribution is -0.151. The SMILES string of the molecule is CCCCC/C=C\C/C=C\CCCCCCCC(=O)OCC(CO)COC(=O)CC1(C)CCCCC(CC)C1. The van der Waals surface area contributed by atoms with E-state index in [0.717, 1.165) is 51.4 Å². The molecule has 3 atom stereocenters. The van der Waals surface area contributed by atoms with Crippen LogP contribution in [-0.4, -0.2) is 36.9 Å². The summed E-state index contributed by atoms with van der Waals surface area (Å²) in [6, 6.07) is 0. The van der Waals surface area contributed by atoms with Gasteiger partial charge in [-0.25, -0.2) is 0 Å². The molecule has 1 N–H and O–H groups in total. The molecule has 0 amide bonds. The van der Waals surface area contributed by atoms with E-state index < -0.39 is 0 Å². The van der Waals surface area contributed by atoms with E-state index in [1.165, 1.54) is 57.8 Å². The highest BCUT2D eigenvalue weighted by molar-refractivity contribution is 5.70. The second kappa shape index (κ2) is 23.1. The first kappa shape index (κ1) is 35.4. The van der Waals surface area contributed by atoms with E-state index in [1.54, 1.807) is 0 Å². The molecule has 1 rings (SSSR count).